The highest BCUT2D eigenvalue weighted by Gasteiger charge is 2.53. The van der Waals surface area contributed by atoms with Gasteiger partial charge in [0.25, 0.3) is 11.7 Å². The van der Waals surface area contributed by atoms with Crippen molar-refractivity contribution >= 4 is 35.3 Å². The van der Waals surface area contributed by atoms with E-state index in [1.54, 1.807) is 40.9 Å². The van der Waals surface area contributed by atoms with Gasteiger partial charge in [-0.3, -0.25) is 19.2 Å². The number of esters is 1. The second kappa shape index (κ2) is 32.3. The number of ketones is 3. The van der Waals surface area contributed by atoms with Crippen LogP contribution in [0.1, 0.15) is 126 Å². The summed E-state index contributed by atoms with van der Waals surface area (Å²) in [4.78, 5) is 85.7. The van der Waals surface area contributed by atoms with E-state index >= 15 is 0 Å². The number of alkyl carbamates (subject to hydrolysis) is 1. The first-order chi connectivity index (χ1) is 38.9. The number of nitrogens with zero attached hydrogens (tertiary/aromatic N) is 1. The minimum atomic E-state index is -2.49. The van der Waals surface area contributed by atoms with Crippen molar-refractivity contribution in [3.8, 4) is 0 Å². The van der Waals surface area contributed by atoms with Crippen molar-refractivity contribution in [3.63, 3.8) is 0 Å². The van der Waals surface area contributed by atoms with E-state index in [1.807, 2.05) is 51.2 Å². The number of piperidine rings is 1. The van der Waals surface area contributed by atoms with Crippen molar-refractivity contribution in [1.29, 1.82) is 0 Å². The van der Waals surface area contributed by atoms with Gasteiger partial charge in [-0.25, -0.2) is 9.59 Å². The predicted octanol–water partition coefficient (Wildman–Crippen LogP) is 3.73. The Morgan fingerprint density at radius 2 is 1.57 bits per heavy atom. The van der Waals surface area contributed by atoms with Gasteiger partial charge in [-0.2, -0.15) is 0 Å². The molecule has 1 aliphatic carbocycles. The normalized spacial score (nSPS) is 40.0. The second-order valence-corrected chi connectivity index (χ2v) is 23.5. The van der Waals surface area contributed by atoms with Crippen molar-refractivity contribution in [1.82, 2.24) is 10.2 Å². The van der Waals surface area contributed by atoms with Crippen molar-refractivity contribution < 1.29 is 97.3 Å². The molecule has 2 amide bonds. The Bertz CT molecular complexity index is 2250. The number of cyclic esters (lactones) is 1. The van der Waals surface area contributed by atoms with Crippen molar-refractivity contribution in [2.24, 2.45) is 35.5 Å². The standard InChI is InChI=1S/C60H94N2O20/c1-33-16-12-11-13-17-34(2)45(75-8)30-41-21-19-39(7)60(74,82-41)55(70)56(71)62-24-15-14-18-42(62)57(72)79-46(31-43(64)35(3)27-38(6)50(66)54(77-10)49(65)37(5)26-33)36(4)28-40-20-22-44(47(29-40)76-9)81-59(73)61-23-25-78-58-53(69)52(68)51(67)48(32-63)80-58/h11-13,16-17,27,33,35-37,39-42,44-48,50-54,58,63,66-69,74H,14-15,18-26,28-32H2,1-10H3,(H,61,73)/b13-11+,16-12-,34-17+,38-27+/t33-,35-,36-,37-,39-,40-,41+,42+,44-,45+,46+,47-,48-,50-,51-,52+,53-,54+,58-,60-/m1/s1. The van der Waals surface area contributed by atoms with Gasteiger partial charge in [-0.15, -0.1) is 0 Å². The van der Waals surface area contributed by atoms with Crippen LogP contribution in [0, 0.1) is 35.5 Å². The fourth-order valence-electron chi connectivity index (χ4n) is 11.9. The number of amides is 2. The second-order valence-electron chi connectivity index (χ2n) is 23.5. The molecule has 3 saturated heterocycles. The number of Topliss-reactive ketones (excluding diaryl/α,β-unsaturated/α-hetero) is 3. The average molecular weight is 1160 g/mol. The monoisotopic (exact) mass is 1160 g/mol. The number of fused-ring (bicyclic) bond motifs is 3. The summed E-state index contributed by atoms with van der Waals surface area (Å²) in [6, 6.07) is -1.22. The fourth-order valence-corrected chi connectivity index (χ4v) is 11.9. The summed E-state index contributed by atoms with van der Waals surface area (Å²) in [6.45, 7) is 11.6. The first kappa shape index (κ1) is 68.5. The number of hydrogen-bond donors (Lipinski definition) is 7. The lowest BCUT2D eigenvalue weighted by Crippen LogP contribution is -2.61. The maximum Gasteiger partial charge on any atom is 0.407 e. The van der Waals surface area contributed by atoms with Gasteiger partial charge in [0.1, 0.15) is 60.7 Å². The molecule has 4 aliphatic heterocycles. The molecule has 5 rings (SSSR count). The van der Waals surface area contributed by atoms with Crippen molar-refractivity contribution in [2.45, 2.75) is 211 Å². The summed E-state index contributed by atoms with van der Waals surface area (Å²) in [6.07, 6.45) is 1.29. The highest BCUT2D eigenvalue weighted by Crippen LogP contribution is 2.38. The maximum absolute atomic E-state index is 14.6. The van der Waals surface area contributed by atoms with Crippen LogP contribution in [0.25, 0.3) is 0 Å². The smallest absolute Gasteiger partial charge is 0.407 e. The lowest BCUT2D eigenvalue weighted by molar-refractivity contribution is -0.300. The highest BCUT2D eigenvalue weighted by atomic mass is 16.7. The number of nitrogens with one attached hydrogen (secondary N) is 1. The fraction of sp³-hybridized carbons (Fsp3) is 0.767. The van der Waals surface area contributed by atoms with Crippen LogP contribution in [0.4, 0.5) is 4.79 Å². The third kappa shape index (κ3) is 18.1. The molecule has 2 bridgehead atoms. The molecule has 20 atom stereocenters. The zero-order valence-corrected chi connectivity index (χ0v) is 49.6. The zero-order valence-electron chi connectivity index (χ0n) is 49.6. The van der Waals surface area contributed by atoms with E-state index in [1.165, 1.54) is 14.2 Å². The highest BCUT2D eigenvalue weighted by molar-refractivity contribution is 6.39. The van der Waals surface area contributed by atoms with Gasteiger partial charge in [-0.1, -0.05) is 71.1 Å². The molecule has 22 nitrogen and oxygen atoms in total. The topological polar surface area (TPSA) is 313 Å². The number of aliphatic hydroxyl groups excluding tert-OH is 5. The van der Waals surface area contributed by atoms with Crippen LogP contribution in [-0.2, 0) is 61.9 Å². The van der Waals surface area contributed by atoms with Gasteiger partial charge in [0.05, 0.1) is 31.5 Å². The van der Waals surface area contributed by atoms with Crippen LogP contribution in [-0.4, -0.2) is 204 Å². The van der Waals surface area contributed by atoms with E-state index in [4.69, 9.17) is 37.9 Å². The quantitative estimate of drug-likeness (QED) is 0.0634. The molecule has 464 valence electrons. The molecular formula is C60H94N2O20. The van der Waals surface area contributed by atoms with Crippen LogP contribution >= 0.6 is 0 Å². The summed E-state index contributed by atoms with van der Waals surface area (Å²) in [5, 5.41) is 66.0. The van der Waals surface area contributed by atoms with E-state index in [0.29, 0.717) is 63.4 Å². The number of hydrogen-bond acceptors (Lipinski definition) is 20. The molecule has 4 heterocycles. The first-order valence-corrected chi connectivity index (χ1v) is 29.2. The maximum atomic E-state index is 14.6. The van der Waals surface area contributed by atoms with Crippen LogP contribution in [0.5, 0.6) is 0 Å². The van der Waals surface area contributed by atoms with Crippen molar-refractivity contribution in [3.05, 3.63) is 47.6 Å². The van der Waals surface area contributed by atoms with Gasteiger partial charge in [-0.05, 0) is 107 Å². The van der Waals surface area contributed by atoms with Gasteiger partial charge >= 0.3 is 12.1 Å². The van der Waals surface area contributed by atoms with Crippen LogP contribution < -0.4 is 5.32 Å². The minimum Gasteiger partial charge on any atom is -0.460 e. The molecule has 0 aromatic heterocycles. The third-order valence-corrected chi connectivity index (χ3v) is 17.2. The number of methoxy groups -OCH3 is 3. The molecule has 0 aromatic rings. The van der Waals surface area contributed by atoms with Gasteiger partial charge in [0, 0.05) is 65.0 Å². The van der Waals surface area contributed by atoms with Crippen LogP contribution in [0.3, 0.4) is 0 Å². The number of rotatable bonds is 12. The minimum absolute atomic E-state index is 0.0214. The number of aliphatic hydroxyl groups is 6. The third-order valence-electron chi connectivity index (χ3n) is 17.2. The SMILES string of the molecule is CO[C@H]1C[C@@H]2CC[C@@H](C)[C@@](O)(O2)C(=O)C(=O)N2CCCC[C@H]2C(=O)O[C@H]([C@H](C)C[C@H]2CC[C@@H](OC(=O)NCCO[C@@H]3O[C@H](CO)[C@@H](O)[C@H](O)[C@H]3O)[C@H](OC)C2)CC(=O)[C@H](C)/C=C(\C)[C@@H](O)[C@@H](OC)C(=O)[C@H](C)C[C@H](C)\C=C/C=C/C=C/1C. The molecule has 0 aromatic carbocycles. The summed E-state index contributed by atoms with van der Waals surface area (Å²) in [7, 11) is 4.40. The number of allylic oxidation sites excluding steroid dienone is 6. The molecule has 0 radical (unpaired) electrons. The summed E-state index contributed by atoms with van der Waals surface area (Å²) >= 11 is 0. The van der Waals surface area contributed by atoms with Crippen LogP contribution in [0.2, 0.25) is 0 Å². The van der Waals surface area contributed by atoms with E-state index < -0.39 is 139 Å². The molecule has 1 saturated carbocycles. The van der Waals surface area contributed by atoms with Gasteiger partial charge in [0.2, 0.25) is 5.79 Å². The summed E-state index contributed by atoms with van der Waals surface area (Å²) < 4.78 is 46.3. The Hall–Kier alpha value is -4.30. The molecular weight excluding hydrogens is 1070 g/mol. The molecule has 0 spiro atoms. The predicted molar refractivity (Wildman–Crippen MR) is 297 cm³/mol. The summed E-state index contributed by atoms with van der Waals surface area (Å²) in [5.41, 5.74) is 1.18. The average Bonchev–Trinajstić information content (AvgIpc) is 3.58. The number of carbonyl (C=O) groups is 6. The Labute approximate surface area is 482 Å². The Morgan fingerprint density at radius 3 is 2.26 bits per heavy atom. The molecule has 82 heavy (non-hydrogen) atoms. The van der Waals surface area contributed by atoms with Crippen molar-refractivity contribution in [2.75, 3.05) is 47.6 Å². The molecule has 4 fully saturated rings. The van der Waals surface area contributed by atoms with Gasteiger partial charge in [0.15, 0.2) is 12.1 Å². The lowest BCUT2D eigenvalue weighted by atomic mass is 9.78. The van der Waals surface area contributed by atoms with E-state index in [0.717, 1.165) is 10.5 Å². The Kier molecular flexibility index (Phi) is 27.0. The number of ether oxygens (including phenoxy) is 8. The molecule has 5 aliphatic rings. The van der Waals surface area contributed by atoms with Gasteiger partial charge < -0.3 is 78.8 Å². The zero-order chi connectivity index (χ0) is 60.6. The largest absolute Gasteiger partial charge is 0.460 e. The van der Waals surface area contributed by atoms with E-state index in [-0.39, 0.29) is 62.4 Å². The molecule has 0 unspecified atom stereocenters. The molecule has 7 N–H and O–H groups in total. The number of carbonyl (C=O) groups excluding carboxylic acids is 6. The Balaban J connectivity index is 1.36. The van der Waals surface area contributed by atoms with E-state index in [9.17, 15) is 59.4 Å². The van der Waals surface area contributed by atoms with Crippen LogP contribution in [0.15, 0.2) is 47.6 Å². The Morgan fingerprint density at radius 1 is 0.841 bits per heavy atom. The van der Waals surface area contributed by atoms with E-state index in [2.05, 4.69) is 5.32 Å². The first-order valence-electron chi connectivity index (χ1n) is 29.2. The molecule has 22 heteroatoms. The summed E-state index contributed by atoms with van der Waals surface area (Å²) in [5.74, 6) is -8.85. The lowest BCUT2D eigenvalue weighted by Gasteiger charge is -2.42.